The number of imidazole rings is 1. The van der Waals surface area contributed by atoms with Crippen LogP contribution in [0.3, 0.4) is 0 Å². The number of amides is 1. The molecule has 0 unspecified atom stereocenters. The molecular weight excluding hydrogens is 292 g/mol. The molecule has 0 radical (unpaired) electrons. The van der Waals surface area contributed by atoms with Crippen LogP contribution in [0.15, 0.2) is 29.1 Å². The normalized spacial score (nSPS) is 21.6. The highest BCUT2D eigenvalue weighted by Crippen LogP contribution is 2.25. The Hall–Kier alpha value is -2.08. The second-order valence-corrected chi connectivity index (χ2v) is 6.55. The highest BCUT2D eigenvalue weighted by atomic mass is 16.3. The van der Waals surface area contributed by atoms with Crippen molar-refractivity contribution in [2.45, 2.75) is 32.4 Å². The Morgan fingerprint density at radius 1 is 1.35 bits per heavy atom. The largest absolute Gasteiger partial charge is 0.456 e. The van der Waals surface area contributed by atoms with Crippen molar-refractivity contribution < 1.29 is 9.21 Å². The minimum Gasteiger partial charge on any atom is -0.456 e. The first-order valence-electron chi connectivity index (χ1n) is 8.29. The van der Waals surface area contributed by atoms with Gasteiger partial charge in [0.2, 0.25) is 0 Å². The topological polar surface area (TPSA) is 54.5 Å². The Balaban J connectivity index is 1.55. The zero-order valence-corrected chi connectivity index (χ0v) is 13.4. The molecule has 0 N–H and O–H groups in total. The summed E-state index contributed by atoms with van der Waals surface area (Å²) in [5.41, 5.74) is 1.09. The van der Waals surface area contributed by atoms with E-state index in [0.717, 1.165) is 31.1 Å². The number of aromatic nitrogens is 2. The van der Waals surface area contributed by atoms with Gasteiger partial charge in [0.25, 0.3) is 5.91 Å². The molecule has 0 saturated carbocycles. The lowest BCUT2D eigenvalue weighted by atomic mass is 10.1. The van der Waals surface area contributed by atoms with E-state index in [4.69, 9.17) is 4.42 Å². The van der Waals surface area contributed by atoms with Gasteiger partial charge in [-0.15, -0.1) is 0 Å². The molecule has 6 heteroatoms. The molecule has 1 atom stereocenters. The lowest BCUT2D eigenvalue weighted by Gasteiger charge is -2.36. The van der Waals surface area contributed by atoms with Gasteiger partial charge in [0.05, 0.1) is 24.6 Å². The first-order chi connectivity index (χ1) is 11.2. The Bertz CT molecular complexity index is 699. The average Bonchev–Trinajstić information content (AvgIpc) is 3.27. The number of nitrogens with zero attached hydrogens (tertiary/aromatic N) is 4. The number of fused-ring (bicyclic) bond motifs is 1. The van der Waals surface area contributed by atoms with Crippen LogP contribution in [-0.4, -0.2) is 51.4 Å². The average molecular weight is 314 g/mol. The number of furan rings is 1. The number of rotatable bonds is 3. The quantitative estimate of drug-likeness (QED) is 0.870. The lowest BCUT2D eigenvalue weighted by Crippen LogP contribution is -2.44. The second kappa shape index (κ2) is 5.85. The van der Waals surface area contributed by atoms with E-state index in [1.165, 1.54) is 12.8 Å². The van der Waals surface area contributed by atoms with Crippen molar-refractivity contribution >= 4 is 5.91 Å². The Labute approximate surface area is 135 Å². The Morgan fingerprint density at radius 3 is 2.91 bits per heavy atom. The van der Waals surface area contributed by atoms with Crippen molar-refractivity contribution in [1.82, 2.24) is 19.4 Å². The van der Waals surface area contributed by atoms with Crippen LogP contribution in [0.5, 0.6) is 0 Å². The molecule has 2 aliphatic heterocycles. The van der Waals surface area contributed by atoms with Crippen LogP contribution in [0.4, 0.5) is 0 Å². The number of aryl methyl sites for hydroxylation is 1. The minimum absolute atomic E-state index is 0.0306. The van der Waals surface area contributed by atoms with Crippen molar-refractivity contribution in [3.05, 3.63) is 41.9 Å². The van der Waals surface area contributed by atoms with Crippen molar-refractivity contribution in [3.8, 4) is 0 Å². The van der Waals surface area contributed by atoms with E-state index in [9.17, 15) is 4.79 Å². The molecule has 122 valence electrons. The second-order valence-electron chi connectivity index (χ2n) is 6.55. The Morgan fingerprint density at radius 2 is 2.17 bits per heavy atom. The summed E-state index contributed by atoms with van der Waals surface area (Å²) >= 11 is 0. The van der Waals surface area contributed by atoms with Crippen LogP contribution in [0.1, 0.15) is 40.9 Å². The fourth-order valence-corrected chi connectivity index (χ4v) is 3.65. The molecule has 6 nitrogen and oxygen atoms in total. The summed E-state index contributed by atoms with van der Waals surface area (Å²) < 4.78 is 7.74. The maximum Gasteiger partial charge on any atom is 0.289 e. The zero-order valence-electron chi connectivity index (χ0n) is 13.4. The number of carbonyl (C=O) groups is 1. The van der Waals surface area contributed by atoms with E-state index in [0.29, 0.717) is 18.8 Å². The third kappa shape index (κ3) is 2.79. The van der Waals surface area contributed by atoms with E-state index in [-0.39, 0.29) is 11.9 Å². The smallest absolute Gasteiger partial charge is 0.289 e. The van der Waals surface area contributed by atoms with Crippen LogP contribution in [0.25, 0.3) is 0 Å². The van der Waals surface area contributed by atoms with Gasteiger partial charge in [-0.2, -0.15) is 0 Å². The molecule has 1 amide bonds. The predicted octanol–water partition coefficient (Wildman–Crippen LogP) is 2.08. The number of carbonyl (C=O) groups excluding carboxylic acids is 1. The summed E-state index contributed by atoms with van der Waals surface area (Å²) in [6.45, 7) is 6.45. The zero-order chi connectivity index (χ0) is 15.8. The fraction of sp³-hybridized carbons (Fsp3) is 0.529. The molecule has 0 spiro atoms. The van der Waals surface area contributed by atoms with Crippen molar-refractivity contribution in [1.29, 1.82) is 0 Å². The molecule has 1 saturated heterocycles. The van der Waals surface area contributed by atoms with Gasteiger partial charge >= 0.3 is 0 Å². The predicted molar refractivity (Wildman–Crippen MR) is 85.1 cm³/mol. The number of hydrogen-bond donors (Lipinski definition) is 0. The summed E-state index contributed by atoms with van der Waals surface area (Å²) in [4.78, 5) is 21.4. The van der Waals surface area contributed by atoms with E-state index in [1.54, 1.807) is 6.07 Å². The van der Waals surface area contributed by atoms with Crippen molar-refractivity contribution in [3.63, 3.8) is 0 Å². The standard InChI is InChI=1S/C17H22N4O2/c1-13-4-5-16(23-13)17(22)20-10-14-8-18-12-21(14)15(11-20)9-19-6-2-3-7-19/h4-5,8,12,15H,2-3,6-7,9-11H2,1H3/t15-/m1/s1. The molecule has 0 aliphatic carbocycles. The van der Waals surface area contributed by atoms with Crippen LogP contribution < -0.4 is 0 Å². The maximum atomic E-state index is 12.7. The molecule has 1 fully saturated rings. The SMILES string of the molecule is Cc1ccc(C(=O)N2Cc3cncn3[C@H](CN3CCCC3)C2)o1. The summed E-state index contributed by atoms with van der Waals surface area (Å²) in [5.74, 6) is 1.16. The Kier molecular flexibility index (Phi) is 3.69. The van der Waals surface area contributed by atoms with Crippen molar-refractivity contribution in [2.24, 2.45) is 0 Å². The third-order valence-electron chi connectivity index (χ3n) is 4.83. The van der Waals surface area contributed by atoms with Gasteiger partial charge < -0.3 is 18.8 Å². The molecule has 4 heterocycles. The number of hydrogen-bond acceptors (Lipinski definition) is 4. The van der Waals surface area contributed by atoms with Crippen LogP contribution >= 0.6 is 0 Å². The minimum atomic E-state index is -0.0306. The summed E-state index contributed by atoms with van der Waals surface area (Å²) in [6.07, 6.45) is 6.31. The van der Waals surface area contributed by atoms with Gasteiger partial charge in [0.1, 0.15) is 5.76 Å². The third-order valence-corrected chi connectivity index (χ3v) is 4.83. The van der Waals surface area contributed by atoms with E-state index in [1.807, 2.05) is 30.4 Å². The van der Waals surface area contributed by atoms with Gasteiger partial charge in [0, 0.05) is 19.3 Å². The first kappa shape index (κ1) is 14.5. The molecule has 0 aromatic carbocycles. The van der Waals surface area contributed by atoms with E-state index < -0.39 is 0 Å². The molecular formula is C17H22N4O2. The van der Waals surface area contributed by atoms with Gasteiger partial charge in [-0.25, -0.2) is 4.98 Å². The van der Waals surface area contributed by atoms with Gasteiger partial charge in [-0.1, -0.05) is 0 Å². The molecule has 2 aliphatic rings. The van der Waals surface area contributed by atoms with E-state index in [2.05, 4.69) is 14.5 Å². The van der Waals surface area contributed by atoms with Crippen LogP contribution in [-0.2, 0) is 6.54 Å². The number of likely N-dealkylation sites (tertiary alicyclic amines) is 1. The van der Waals surface area contributed by atoms with Crippen molar-refractivity contribution in [2.75, 3.05) is 26.2 Å². The van der Waals surface area contributed by atoms with Crippen LogP contribution in [0.2, 0.25) is 0 Å². The molecule has 23 heavy (non-hydrogen) atoms. The summed E-state index contributed by atoms with van der Waals surface area (Å²) in [6, 6.07) is 3.86. The monoisotopic (exact) mass is 314 g/mol. The fourth-order valence-electron chi connectivity index (χ4n) is 3.65. The highest BCUT2D eigenvalue weighted by molar-refractivity contribution is 5.91. The van der Waals surface area contributed by atoms with E-state index >= 15 is 0 Å². The lowest BCUT2D eigenvalue weighted by molar-refractivity contribution is 0.0625. The molecule has 2 aromatic rings. The summed E-state index contributed by atoms with van der Waals surface area (Å²) in [7, 11) is 0. The van der Waals surface area contributed by atoms with Gasteiger partial charge in [-0.05, 0) is 45.0 Å². The highest BCUT2D eigenvalue weighted by Gasteiger charge is 2.31. The van der Waals surface area contributed by atoms with Gasteiger partial charge in [0.15, 0.2) is 5.76 Å². The molecule has 0 bridgehead atoms. The van der Waals surface area contributed by atoms with Crippen LogP contribution in [0, 0.1) is 6.92 Å². The van der Waals surface area contributed by atoms with Gasteiger partial charge in [-0.3, -0.25) is 4.79 Å². The summed E-state index contributed by atoms with van der Waals surface area (Å²) in [5, 5.41) is 0. The maximum absolute atomic E-state index is 12.7. The first-order valence-corrected chi connectivity index (χ1v) is 8.29. The molecule has 2 aromatic heterocycles. The molecule has 4 rings (SSSR count).